The van der Waals surface area contributed by atoms with Crippen molar-refractivity contribution < 1.29 is 4.42 Å². The fourth-order valence-electron chi connectivity index (χ4n) is 7.22. The van der Waals surface area contributed by atoms with Crippen molar-refractivity contribution in [1.82, 2.24) is 19.5 Å². The van der Waals surface area contributed by atoms with Crippen LogP contribution in [0.1, 0.15) is 5.56 Å². The molecule has 0 atom stereocenters. The van der Waals surface area contributed by atoms with E-state index in [1.165, 1.54) is 0 Å². The van der Waals surface area contributed by atoms with Gasteiger partial charge in [-0.3, -0.25) is 0 Å². The lowest BCUT2D eigenvalue weighted by atomic mass is 10.00. The SMILES string of the molecule is N#Cc1ccc(-c2cc(-c3nc(-c4ccccc4)nc(-c4ccccc4)n3)cc(-n3c4ccccc4c4c5oc6ccccc6c5ccc43)c2)cc1. The summed E-state index contributed by atoms with van der Waals surface area (Å²) >= 11 is 0. The first kappa shape index (κ1) is 29.5. The molecule has 0 bridgehead atoms. The molecular weight excluding hydrogens is 639 g/mol. The zero-order chi connectivity index (χ0) is 34.6. The molecule has 0 fully saturated rings. The third-order valence-corrected chi connectivity index (χ3v) is 9.66. The van der Waals surface area contributed by atoms with Crippen molar-refractivity contribution >= 4 is 43.7 Å². The molecule has 0 aliphatic rings. The van der Waals surface area contributed by atoms with E-state index in [0.717, 1.165) is 77.2 Å². The Morgan fingerprint density at radius 1 is 0.462 bits per heavy atom. The molecule has 0 radical (unpaired) electrons. The van der Waals surface area contributed by atoms with Gasteiger partial charge in [-0.25, -0.2) is 15.0 Å². The standard InChI is InChI=1S/C46H27N5O/c47-28-29-19-21-30(22-20-29)33-25-34(46-49-44(31-11-3-1-4-12-31)48-45(50-46)32-13-5-2-6-14-32)27-35(26-33)51-39-17-9-7-16-38(39)42-40(51)24-23-37-36-15-8-10-18-41(36)52-43(37)42/h1-27H. The summed E-state index contributed by atoms with van der Waals surface area (Å²) < 4.78 is 8.87. The van der Waals surface area contributed by atoms with Crippen molar-refractivity contribution in [1.29, 1.82) is 5.26 Å². The number of fused-ring (bicyclic) bond motifs is 7. The van der Waals surface area contributed by atoms with Crippen LogP contribution in [0.15, 0.2) is 168 Å². The maximum absolute atomic E-state index is 9.54. The van der Waals surface area contributed by atoms with Gasteiger partial charge in [0, 0.05) is 38.5 Å². The topological polar surface area (TPSA) is 80.5 Å². The number of nitriles is 1. The van der Waals surface area contributed by atoms with Gasteiger partial charge in [0.1, 0.15) is 11.2 Å². The molecule has 0 amide bonds. The third-order valence-electron chi connectivity index (χ3n) is 9.66. The Balaban J connectivity index is 1.27. The van der Waals surface area contributed by atoms with Gasteiger partial charge in [0.2, 0.25) is 0 Å². The molecule has 52 heavy (non-hydrogen) atoms. The van der Waals surface area contributed by atoms with E-state index in [1.807, 2.05) is 97.1 Å². The molecule has 10 rings (SSSR count). The van der Waals surface area contributed by atoms with E-state index in [2.05, 4.69) is 77.4 Å². The molecule has 0 unspecified atom stereocenters. The van der Waals surface area contributed by atoms with Crippen LogP contribution in [0.3, 0.4) is 0 Å². The van der Waals surface area contributed by atoms with E-state index in [1.54, 1.807) is 0 Å². The summed E-state index contributed by atoms with van der Waals surface area (Å²) in [4.78, 5) is 15.1. The predicted octanol–water partition coefficient (Wildman–Crippen LogP) is 11.4. The van der Waals surface area contributed by atoms with Crippen LogP contribution in [0.2, 0.25) is 0 Å². The first-order valence-corrected chi connectivity index (χ1v) is 17.1. The van der Waals surface area contributed by atoms with Gasteiger partial charge in [-0.1, -0.05) is 109 Å². The highest BCUT2D eigenvalue weighted by Gasteiger charge is 2.20. The minimum Gasteiger partial charge on any atom is -0.455 e. The van der Waals surface area contributed by atoms with Crippen LogP contribution in [0, 0.1) is 11.3 Å². The van der Waals surface area contributed by atoms with Crippen LogP contribution in [0.25, 0.3) is 94.7 Å². The molecule has 0 aliphatic heterocycles. The molecule has 6 heteroatoms. The average molecular weight is 666 g/mol. The zero-order valence-corrected chi connectivity index (χ0v) is 27.7. The van der Waals surface area contributed by atoms with Crippen LogP contribution in [0.5, 0.6) is 0 Å². The van der Waals surface area contributed by atoms with E-state index in [0.29, 0.717) is 23.0 Å². The fraction of sp³-hybridized carbons (Fsp3) is 0. The maximum atomic E-state index is 9.54. The molecule has 0 spiro atoms. The summed E-state index contributed by atoms with van der Waals surface area (Å²) in [5.74, 6) is 1.75. The Labute approximate surface area is 298 Å². The second-order valence-electron chi connectivity index (χ2n) is 12.8. The van der Waals surface area contributed by atoms with Gasteiger partial charge < -0.3 is 8.98 Å². The Bertz CT molecular complexity index is 2950. The van der Waals surface area contributed by atoms with Crippen LogP contribution < -0.4 is 0 Å². The van der Waals surface area contributed by atoms with Crippen LogP contribution in [-0.2, 0) is 0 Å². The van der Waals surface area contributed by atoms with Gasteiger partial charge >= 0.3 is 0 Å². The largest absolute Gasteiger partial charge is 0.455 e. The average Bonchev–Trinajstić information content (AvgIpc) is 3.77. The van der Waals surface area contributed by atoms with Crippen molar-refractivity contribution in [2.75, 3.05) is 0 Å². The molecule has 3 aromatic heterocycles. The summed E-state index contributed by atoms with van der Waals surface area (Å²) in [5, 5.41) is 13.9. The number of para-hydroxylation sites is 2. The summed E-state index contributed by atoms with van der Waals surface area (Å²) in [6.45, 7) is 0. The molecule has 0 aliphatic carbocycles. The highest BCUT2D eigenvalue weighted by molar-refractivity contribution is 6.23. The van der Waals surface area contributed by atoms with Crippen molar-refractivity contribution in [2.24, 2.45) is 0 Å². The summed E-state index contributed by atoms with van der Waals surface area (Å²) in [7, 11) is 0. The van der Waals surface area contributed by atoms with Crippen molar-refractivity contribution in [3.8, 4) is 57.0 Å². The highest BCUT2D eigenvalue weighted by Crippen LogP contribution is 2.41. The van der Waals surface area contributed by atoms with Crippen LogP contribution >= 0.6 is 0 Å². The quantitative estimate of drug-likeness (QED) is 0.183. The van der Waals surface area contributed by atoms with Crippen molar-refractivity contribution in [3.63, 3.8) is 0 Å². The predicted molar refractivity (Wildman–Crippen MR) is 208 cm³/mol. The zero-order valence-electron chi connectivity index (χ0n) is 27.7. The fourth-order valence-corrected chi connectivity index (χ4v) is 7.22. The lowest BCUT2D eigenvalue weighted by Crippen LogP contribution is -2.01. The second-order valence-corrected chi connectivity index (χ2v) is 12.8. The number of rotatable bonds is 5. The third kappa shape index (κ3) is 4.84. The lowest BCUT2D eigenvalue weighted by molar-refractivity contribution is 0.673. The number of hydrogen-bond acceptors (Lipinski definition) is 5. The number of aromatic nitrogens is 4. The maximum Gasteiger partial charge on any atom is 0.164 e. The lowest BCUT2D eigenvalue weighted by Gasteiger charge is -2.14. The van der Waals surface area contributed by atoms with Gasteiger partial charge in [0.15, 0.2) is 17.5 Å². The van der Waals surface area contributed by atoms with E-state index >= 15 is 0 Å². The van der Waals surface area contributed by atoms with E-state index in [9.17, 15) is 5.26 Å². The molecule has 0 saturated heterocycles. The number of nitrogens with zero attached hydrogens (tertiary/aromatic N) is 5. The van der Waals surface area contributed by atoms with E-state index in [4.69, 9.17) is 19.4 Å². The van der Waals surface area contributed by atoms with Gasteiger partial charge in [-0.05, 0) is 65.7 Å². The Kier molecular flexibility index (Phi) is 6.76. The highest BCUT2D eigenvalue weighted by atomic mass is 16.3. The monoisotopic (exact) mass is 665 g/mol. The Morgan fingerprint density at radius 2 is 1.06 bits per heavy atom. The van der Waals surface area contributed by atoms with E-state index < -0.39 is 0 Å². The number of benzene rings is 7. The second kappa shape index (κ2) is 11.9. The normalized spacial score (nSPS) is 11.4. The first-order valence-electron chi connectivity index (χ1n) is 17.1. The molecule has 6 nitrogen and oxygen atoms in total. The number of hydrogen-bond donors (Lipinski definition) is 0. The number of furan rings is 1. The smallest absolute Gasteiger partial charge is 0.164 e. The van der Waals surface area contributed by atoms with Gasteiger partial charge in [-0.2, -0.15) is 5.26 Å². The van der Waals surface area contributed by atoms with Gasteiger partial charge in [0.05, 0.1) is 28.1 Å². The van der Waals surface area contributed by atoms with Gasteiger partial charge in [-0.15, -0.1) is 0 Å². The molecule has 3 heterocycles. The molecule has 7 aromatic carbocycles. The molecule has 0 saturated carbocycles. The van der Waals surface area contributed by atoms with Gasteiger partial charge in [0.25, 0.3) is 0 Å². The Morgan fingerprint density at radius 3 is 1.75 bits per heavy atom. The minimum atomic E-state index is 0.560. The van der Waals surface area contributed by atoms with Crippen LogP contribution in [-0.4, -0.2) is 19.5 Å². The van der Waals surface area contributed by atoms with E-state index in [-0.39, 0.29) is 0 Å². The summed E-state index contributed by atoms with van der Waals surface area (Å²) in [5.41, 5.74) is 9.97. The Hall–Kier alpha value is -7.36. The summed E-state index contributed by atoms with van der Waals surface area (Å²) in [6.07, 6.45) is 0. The van der Waals surface area contributed by atoms with Crippen molar-refractivity contribution in [2.45, 2.75) is 0 Å². The molecule has 0 N–H and O–H groups in total. The summed E-state index contributed by atoms with van der Waals surface area (Å²) in [6, 6.07) is 57.4. The molecular formula is C46H27N5O. The van der Waals surface area contributed by atoms with Crippen molar-refractivity contribution in [3.05, 3.63) is 169 Å². The minimum absolute atomic E-state index is 0.560. The van der Waals surface area contributed by atoms with Crippen LogP contribution in [0.4, 0.5) is 0 Å². The molecule has 10 aromatic rings. The molecule has 242 valence electrons. The first-order chi connectivity index (χ1) is 25.7.